The van der Waals surface area contributed by atoms with Crippen molar-refractivity contribution in [2.45, 2.75) is 51.4 Å². The van der Waals surface area contributed by atoms with Gasteiger partial charge in [-0.3, -0.25) is 0 Å². The molecule has 2 heterocycles. The predicted octanol–water partition coefficient (Wildman–Crippen LogP) is 4.40. The van der Waals surface area contributed by atoms with Crippen LogP contribution in [0.25, 0.3) is 16.9 Å². The number of rotatable bonds is 6. The van der Waals surface area contributed by atoms with Gasteiger partial charge in [-0.05, 0) is 43.5 Å². The third-order valence-corrected chi connectivity index (χ3v) is 6.91. The van der Waals surface area contributed by atoms with Crippen LogP contribution in [0.2, 0.25) is 0 Å². The van der Waals surface area contributed by atoms with Gasteiger partial charge in [-0.25, -0.2) is 9.37 Å². The van der Waals surface area contributed by atoms with Gasteiger partial charge in [-0.15, -0.1) is 10.2 Å². The van der Waals surface area contributed by atoms with Crippen LogP contribution < -0.4 is 4.90 Å². The summed E-state index contributed by atoms with van der Waals surface area (Å²) in [6, 6.07) is 8.61. The summed E-state index contributed by atoms with van der Waals surface area (Å²) in [6.45, 7) is 4.02. The Labute approximate surface area is 187 Å². The number of aromatic hydroxyl groups is 1. The summed E-state index contributed by atoms with van der Waals surface area (Å²) in [5, 5.41) is 19.2. The Bertz CT molecular complexity index is 1040. The molecule has 1 aliphatic carbocycles. The highest BCUT2D eigenvalue weighted by Crippen LogP contribution is 2.44. The number of aromatic nitrogens is 4. The first-order valence-corrected chi connectivity index (χ1v) is 10.9. The van der Waals surface area contributed by atoms with E-state index >= 15 is 4.39 Å². The first-order valence-electron chi connectivity index (χ1n) is 10.9. The Morgan fingerprint density at radius 1 is 1.28 bits per heavy atom. The number of benzene rings is 1. The van der Waals surface area contributed by atoms with E-state index in [0.717, 1.165) is 12.1 Å². The standard InChI is InChI=1S/C24H30FN5O2/c1-5-24(2)14-17(32-4)13-20(23(24)25)29(3)22-9-8-19(27-28-22)18-7-6-16(12-21(18)31)30-11-10-26-15-30/h6-12,15,17,20,23,31H,5,13-14H2,1-4H3/t17-,20+,23-,24-/m0/s1. The number of alkyl halides is 1. The summed E-state index contributed by atoms with van der Waals surface area (Å²) in [4.78, 5) is 5.89. The molecule has 1 saturated carbocycles. The van der Waals surface area contributed by atoms with E-state index in [1.165, 1.54) is 0 Å². The highest BCUT2D eigenvalue weighted by molar-refractivity contribution is 5.69. The summed E-state index contributed by atoms with van der Waals surface area (Å²) in [5.74, 6) is 0.690. The Morgan fingerprint density at radius 3 is 2.69 bits per heavy atom. The van der Waals surface area contributed by atoms with Gasteiger partial charge < -0.3 is 19.3 Å². The van der Waals surface area contributed by atoms with Crippen molar-refractivity contribution in [3.8, 4) is 22.7 Å². The van der Waals surface area contributed by atoms with Gasteiger partial charge in [0.25, 0.3) is 0 Å². The molecule has 0 saturated heterocycles. The van der Waals surface area contributed by atoms with E-state index in [1.807, 2.05) is 42.5 Å². The molecule has 1 aliphatic rings. The average Bonchev–Trinajstić information content (AvgIpc) is 3.35. The summed E-state index contributed by atoms with van der Waals surface area (Å²) in [5.41, 5.74) is 1.49. The molecule has 8 heteroatoms. The highest BCUT2D eigenvalue weighted by atomic mass is 19.1. The van der Waals surface area contributed by atoms with Crippen molar-refractivity contribution in [3.05, 3.63) is 49.1 Å². The van der Waals surface area contributed by atoms with Crippen molar-refractivity contribution in [2.75, 3.05) is 19.1 Å². The van der Waals surface area contributed by atoms with E-state index in [2.05, 4.69) is 15.2 Å². The molecule has 32 heavy (non-hydrogen) atoms. The molecule has 0 bridgehead atoms. The number of phenolic OH excluding ortho intramolecular Hbond substituents is 1. The highest BCUT2D eigenvalue weighted by Gasteiger charge is 2.47. The molecule has 1 aromatic carbocycles. The first-order chi connectivity index (χ1) is 15.4. The average molecular weight is 440 g/mol. The van der Waals surface area contributed by atoms with Gasteiger partial charge in [0.1, 0.15) is 11.9 Å². The lowest BCUT2D eigenvalue weighted by atomic mass is 9.68. The van der Waals surface area contributed by atoms with Gasteiger partial charge in [-0.1, -0.05) is 13.8 Å². The van der Waals surface area contributed by atoms with E-state index in [0.29, 0.717) is 29.9 Å². The summed E-state index contributed by atoms with van der Waals surface area (Å²) >= 11 is 0. The lowest BCUT2D eigenvalue weighted by Gasteiger charge is -2.47. The third-order valence-electron chi connectivity index (χ3n) is 6.91. The maximum Gasteiger partial charge on any atom is 0.151 e. The van der Waals surface area contributed by atoms with Crippen LogP contribution in [0.5, 0.6) is 5.75 Å². The van der Waals surface area contributed by atoms with Gasteiger partial charge in [0, 0.05) is 43.6 Å². The molecule has 0 radical (unpaired) electrons. The number of anilines is 1. The number of imidazole rings is 1. The Kier molecular flexibility index (Phi) is 6.15. The second-order valence-electron chi connectivity index (χ2n) is 8.83. The van der Waals surface area contributed by atoms with Crippen molar-refractivity contribution in [3.63, 3.8) is 0 Å². The van der Waals surface area contributed by atoms with Crippen molar-refractivity contribution >= 4 is 5.82 Å². The van der Waals surface area contributed by atoms with Crippen LogP contribution in [0.15, 0.2) is 49.1 Å². The van der Waals surface area contributed by atoms with Gasteiger partial charge in [0.05, 0.1) is 29.9 Å². The van der Waals surface area contributed by atoms with Crippen LogP contribution >= 0.6 is 0 Å². The van der Waals surface area contributed by atoms with Crippen molar-refractivity contribution in [2.24, 2.45) is 5.41 Å². The van der Waals surface area contributed by atoms with E-state index in [9.17, 15) is 5.11 Å². The summed E-state index contributed by atoms with van der Waals surface area (Å²) in [7, 11) is 3.54. The predicted molar refractivity (Wildman–Crippen MR) is 122 cm³/mol. The van der Waals surface area contributed by atoms with Crippen LogP contribution in [0.3, 0.4) is 0 Å². The normalized spacial score (nSPS) is 25.6. The zero-order chi connectivity index (χ0) is 22.9. The van der Waals surface area contributed by atoms with E-state index in [-0.39, 0.29) is 17.9 Å². The number of hydrogen-bond acceptors (Lipinski definition) is 6. The number of phenols is 1. The molecule has 4 rings (SSSR count). The fraction of sp³-hybridized carbons (Fsp3) is 0.458. The SMILES string of the molecule is CC[C@@]1(C)C[C@@H](OC)C[C@@H](N(C)c2ccc(-c3ccc(-n4ccnc4)cc3O)nn2)[C@@H]1F. The molecular weight excluding hydrogens is 409 g/mol. The van der Waals surface area contributed by atoms with Gasteiger partial charge in [0.2, 0.25) is 0 Å². The van der Waals surface area contributed by atoms with Crippen LogP contribution in [-0.2, 0) is 4.74 Å². The molecule has 2 aromatic heterocycles. The molecule has 7 nitrogen and oxygen atoms in total. The fourth-order valence-electron chi connectivity index (χ4n) is 4.58. The molecule has 0 amide bonds. The molecule has 0 aliphatic heterocycles. The zero-order valence-corrected chi connectivity index (χ0v) is 18.9. The number of hydrogen-bond donors (Lipinski definition) is 1. The lowest BCUT2D eigenvalue weighted by molar-refractivity contribution is -0.0411. The van der Waals surface area contributed by atoms with E-state index < -0.39 is 11.6 Å². The van der Waals surface area contributed by atoms with Crippen molar-refractivity contribution in [1.29, 1.82) is 0 Å². The van der Waals surface area contributed by atoms with Crippen LogP contribution in [0.1, 0.15) is 33.1 Å². The Morgan fingerprint density at radius 2 is 2.09 bits per heavy atom. The molecule has 1 fully saturated rings. The number of halogens is 1. The van der Waals surface area contributed by atoms with Crippen LogP contribution in [0.4, 0.5) is 10.2 Å². The van der Waals surface area contributed by atoms with Gasteiger partial charge >= 0.3 is 0 Å². The molecular formula is C24H30FN5O2. The quantitative estimate of drug-likeness (QED) is 0.613. The largest absolute Gasteiger partial charge is 0.507 e. The van der Waals surface area contributed by atoms with E-state index in [4.69, 9.17) is 4.74 Å². The summed E-state index contributed by atoms with van der Waals surface area (Å²) in [6.07, 6.45) is 6.23. The molecule has 0 unspecified atom stereocenters. The zero-order valence-electron chi connectivity index (χ0n) is 18.9. The van der Waals surface area contributed by atoms with Crippen LogP contribution in [0, 0.1) is 5.41 Å². The van der Waals surface area contributed by atoms with Gasteiger partial charge in [-0.2, -0.15) is 0 Å². The fourth-order valence-corrected chi connectivity index (χ4v) is 4.58. The topological polar surface area (TPSA) is 76.3 Å². The molecule has 170 valence electrons. The third kappa shape index (κ3) is 4.07. The maximum atomic E-state index is 15.5. The first kappa shape index (κ1) is 22.2. The molecule has 1 N–H and O–H groups in total. The Balaban J connectivity index is 1.56. The minimum Gasteiger partial charge on any atom is -0.507 e. The number of ether oxygens (including phenoxy) is 1. The van der Waals surface area contributed by atoms with Crippen molar-refractivity contribution < 1.29 is 14.2 Å². The molecule has 0 spiro atoms. The number of methoxy groups -OCH3 is 1. The monoisotopic (exact) mass is 439 g/mol. The maximum absolute atomic E-state index is 15.5. The minimum absolute atomic E-state index is 0.0117. The van der Waals surface area contributed by atoms with Gasteiger partial charge in [0.15, 0.2) is 5.82 Å². The Hall–Kier alpha value is -3.00. The van der Waals surface area contributed by atoms with Crippen molar-refractivity contribution in [1.82, 2.24) is 19.7 Å². The molecule has 4 atom stereocenters. The van der Waals surface area contributed by atoms with Crippen LogP contribution in [-0.4, -0.2) is 57.3 Å². The second-order valence-corrected chi connectivity index (χ2v) is 8.83. The smallest absolute Gasteiger partial charge is 0.151 e. The molecule has 3 aromatic rings. The van der Waals surface area contributed by atoms with E-state index in [1.54, 1.807) is 44.0 Å². The minimum atomic E-state index is -0.995. The summed E-state index contributed by atoms with van der Waals surface area (Å²) < 4.78 is 22.9. The number of nitrogens with zero attached hydrogens (tertiary/aromatic N) is 5. The lowest BCUT2D eigenvalue weighted by Crippen LogP contribution is -2.54. The second kappa shape index (κ2) is 8.86.